The summed E-state index contributed by atoms with van der Waals surface area (Å²) in [7, 11) is 0. The Hall–Kier alpha value is -3.06. The van der Waals surface area contributed by atoms with E-state index in [-0.39, 0.29) is 31.1 Å². The molecule has 30 heavy (non-hydrogen) atoms. The highest BCUT2D eigenvalue weighted by Gasteiger charge is 2.22. The molecule has 7 nitrogen and oxygen atoms in total. The lowest BCUT2D eigenvalue weighted by Crippen LogP contribution is -2.35. The van der Waals surface area contributed by atoms with Crippen LogP contribution in [0, 0.1) is 5.92 Å². The predicted molar refractivity (Wildman–Crippen MR) is 110 cm³/mol. The molecule has 0 saturated carbocycles. The summed E-state index contributed by atoms with van der Waals surface area (Å²) >= 11 is 0. The topological polar surface area (TPSA) is 94.1 Å². The van der Waals surface area contributed by atoms with E-state index in [1.807, 2.05) is 32.0 Å². The van der Waals surface area contributed by atoms with Gasteiger partial charge >= 0.3 is 5.97 Å². The van der Waals surface area contributed by atoms with Crippen LogP contribution < -0.4 is 14.8 Å². The fraction of sp³-hybridized carbons (Fsp3) is 0.391. The molecule has 0 unspecified atom stereocenters. The van der Waals surface area contributed by atoms with E-state index in [0.717, 1.165) is 12.0 Å². The summed E-state index contributed by atoms with van der Waals surface area (Å²) in [6, 6.07) is 11.8. The third-order valence-electron chi connectivity index (χ3n) is 4.82. The molecule has 2 aromatic carbocycles. The van der Waals surface area contributed by atoms with E-state index in [9.17, 15) is 9.59 Å². The van der Waals surface area contributed by atoms with Gasteiger partial charge in [-0.1, -0.05) is 32.0 Å². The summed E-state index contributed by atoms with van der Waals surface area (Å²) in [6.07, 6.45) is 0.822. The molecular weight excluding hydrogens is 386 g/mol. The number of amides is 1. The van der Waals surface area contributed by atoms with Crippen molar-refractivity contribution in [2.75, 3.05) is 19.8 Å². The zero-order valence-electron chi connectivity index (χ0n) is 17.2. The molecular formula is C23H27NO6. The zero-order chi connectivity index (χ0) is 21.5. The third-order valence-corrected chi connectivity index (χ3v) is 4.82. The number of esters is 1. The normalized spacial score (nSPS) is 14.0. The molecule has 0 saturated heterocycles. The minimum Gasteiger partial charge on any atom is -0.490 e. The van der Waals surface area contributed by atoms with E-state index in [1.165, 1.54) is 0 Å². The molecule has 2 N–H and O–H groups in total. The van der Waals surface area contributed by atoms with E-state index in [0.29, 0.717) is 35.8 Å². The van der Waals surface area contributed by atoms with Crippen LogP contribution in [0.2, 0.25) is 0 Å². The SMILES string of the molecule is CC(C)[C@@H](NC(=O)COC(=O)c1ccc(CO)cc1)c1ccc2c(c1)OCCCO2. The molecule has 7 heteroatoms. The van der Waals surface area contributed by atoms with Gasteiger partial charge in [0.2, 0.25) is 0 Å². The van der Waals surface area contributed by atoms with Gasteiger partial charge in [0.15, 0.2) is 18.1 Å². The fourth-order valence-electron chi connectivity index (χ4n) is 3.18. The van der Waals surface area contributed by atoms with Crippen LogP contribution in [0.4, 0.5) is 0 Å². The molecule has 1 aliphatic rings. The van der Waals surface area contributed by atoms with Gasteiger partial charge in [0.25, 0.3) is 5.91 Å². The van der Waals surface area contributed by atoms with E-state index >= 15 is 0 Å². The molecule has 1 aliphatic heterocycles. The molecule has 2 aromatic rings. The number of carbonyl (C=O) groups excluding carboxylic acids is 2. The number of hydrogen-bond donors (Lipinski definition) is 2. The molecule has 0 radical (unpaired) electrons. The number of aliphatic hydroxyl groups excluding tert-OH is 1. The lowest BCUT2D eigenvalue weighted by molar-refractivity contribution is -0.125. The molecule has 0 aliphatic carbocycles. The maximum absolute atomic E-state index is 12.4. The molecule has 3 rings (SSSR count). The Morgan fingerprint density at radius 2 is 1.77 bits per heavy atom. The third kappa shape index (κ3) is 5.51. The van der Waals surface area contributed by atoms with Crippen molar-refractivity contribution >= 4 is 11.9 Å². The van der Waals surface area contributed by atoms with Crippen molar-refractivity contribution in [3.8, 4) is 11.5 Å². The maximum Gasteiger partial charge on any atom is 0.338 e. The van der Waals surface area contributed by atoms with Gasteiger partial charge in [0.1, 0.15) is 0 Å². The van der Waals surface area contributed by atoms with Gasteiger partial charge in [0, 0.05) is 6.42 Å². The molecule has 0 aromatic heterocycles. The van der Waals surface area contributed by atoms with Crippen molar-refractivity contribution in [1.29, 1.82) is 0 Å². The fourth-order valence-corrected chi connectivity index (χ4v) is 3.18. The number of ether oxygens (including phenoxy) is 3. The highest BCUT2D eigenvalue weighted by molar-refractivity contribution is 5.91. The van der Waals surface area contributed by atoms with Gasteiger partial charge in [-0.05, 0) is 41.3 Å². The van der Waals surface area contributed by atoms with Crippen LogP contribution in [0.5, 0.6) is 11.5 Å². The molecule has 1 heterocycles. The van der Waals surface area contributed by atoms with Gasteiger partial charge < -0.3 is 24.6 Å². The molecule has 1 amide bonds. The van der Waals surface area contributed by atoms with Crippen LogP contribution in [-0.4, -0.2) is 36.8 Å². The van der Waals surface area contributed by atoms with Crippen molar-refractivity contribution in [3.05, 3.63) is 59.2 Å². The maximum atomic E-state index is 12.4. The number of aliphatic hydroxyl groups is 1. The first-order chi connectivity index (χ1) is 14.5. The average Bonchev–Trinajstić information content (AvgIpc) is 3.00. The highest BCUT2D eigenvalue weighted by atomic mass is 16.5. The second-order valence-corrected chi connectivity index (χ2v) is 7.48. The average molecular weight is 413 g/mol. The standard InChI is InChI=1S/C23H27NO6/c1-15(2)22(18-8-9-19-20(12-18)29-11-3-10-28-19)24-21(26)14-30-23(27)17-6-4-16(13-25)5-7-17/h4-9,12,15,22,25H,3,10-11,13-14H2,1-2H3,(H,24,26)/t22-/m1/s1. The summed E-state index contributed by atoms with van der Waals surface area (Å²) in [4.78, 5) is 24.6. The largest absolute Gasteiger partial charge is 0.490 e. The molecule has 1 atom stereocenters. The number of rotatable bonds is 7. The van der Waals surface area contributed by atoms with Gasteiger partial charge in [0.05, 0.1) is 31.4 Å². The molecule has 0 bridgehead atoms. The van der Waals surface area contributed by atoms with Crippen molar-refractivity contribution in [1.82, 2.24) is 5.32 Å². The van der Waals surface area contributed by atoms with Crippen LogP contribution in [0.1, 0.15) is 47.8 Å². The Morgan fingerprint density at radius 1 is 1.07 bits per heavy atom. The van der Waals surface area contributed by atoms with Crippen LogP contribution in [0.25, 0.3) is 0 Å². The second-order valence-electron chi connectivity index (χ2n) is 7.48. The Morgan fingerprint density at radius 3 is 2.43 bits per heavy atom. The van der Waals surface area contributed by atoms with Crippen molar-refractivity contribution in [3.63, 3.8) is 0 Å². The summed E-state index contributed by atoms with van der Waals surface area (Å²) in [5.41, 5.74) is 1.91. The first-order valence-corrected chi connectivity index (χ1v) is 10.0. The number of carbonyl (C=O) groups is 2. The summed E-state index contributed by atoms with van der Waals surface area (Å²) < 4.78 is 16.5. The Bertz CT molecular complexity index is 878. The van der Waals surface area contributed by atoms with Crippen LogP contribution >= 0.6 is 0 Å². The van der Waals surface area contributed by atoms with E-state index < -0.39 is 5.97 Å². The lowest BCUT2D eigenvalue weighted by Gasteiger charge is -2.24. The van der Waals surface area contributed by atoms with Crippen molar-refractivity contribution in [2.45, 2.75) is 32.9 Å². The summed E-state index contributed by atoms with van der Waals surface area (Å²) in [6.45, 7) is 4.73. The second kappa shape index (κ2) is 10.1. The van der Waals surface area contributed by atoms with Crippen LogP contribution in [0.3, 0.4) is 0 Å². The number of fused-ring (bicyclic) bond motifs is 1. The summed E-state index contributed by atoms with van der Waals surface area (Å²) in [5.74, 6) is 0.502. The lowest BCUT2D eigenvalue weighted by atomic mass is 9.95. The van der Waals surface area contributed by atoms with E-state index in [2.05, 4.69) is 5.32 Å². The van der Waals surface area contributed by atoms with Crippen LogP contribution in [-0.2, 0) is 16.1 Å². The zero-order valence-corrected chi connectivity index (χ0v) is 17.2. The highest BCUT2D eigenvalue weighted by Crippen LogP contribution is 2.34. The predicted octanol–water partition coefficient (Wildman–Crippen LogP) is 3.01. The van der Waals surface area contributed by atoms with Crippen LogP contribution in [0.15, 0.2) is 42.5 Å². The monoisotopic (exact) mass is 413 g/mol. The Kier molecular flexibility index (Phi) is 7.30. The Balaban J connectivity index is 1.61. The molecule has 0 spiro atoms. The van der Waals surface area contributed by atoms with Gasteiger partial charge in [-0.15, -0.1) is 0 Å². The first-order valence-electron chi connectivity index (χ1n) is 10.0. The van der Waals surface area contributed by atoms with Gasteiger partial charge in [-0.2, -0.15) is 0 Å². The minimum absolute atomic E-state index is 0.103. The van der Waals surface area contributed by atoms with Gasteiger partial charge in [-0.25, -0.2) is 4.79 Å². The van der Waals surface area contributed by atoms with E-state index in [4.69, 9.17) is 19.3 Å². The van der Waals surface area contributed by atoms with E-state index in [1.54, 1.807) is 24.3 Å². The smallest absolute Gasteiger partial charge is 0.338 e. The van der Waals surface area contributed by atoms with Crippen molar-refractivity contribution < 1.29 is 28.9 Å². The van der Waals surface area contributed by atoms with Gasteiger partial charge in [-0.3, -0.25) is 4.79 Å². The number of hydrogen-bond acceptors (Lipinski definition) is 6. The van der Waals surface area contributed by atoms with Crippen molar-refractivity contribution in [2.24, 2.45) is 5.92 Å². The molecule has 0 fully saturated rings. The minimum atomic E-state index is -0.591. The molecule has 160 valence electrons. The quantitative estimate of drug-likeness (QED) is 0.678. The first kappa shape index (κ1) is 21.6. The number of nitrogens with one attached hydrogen (secondary N) is 1. The number of benzene rings is 2. The Labute approximate surface area is 176 Å². The summed E-state index contributed by atoms with van der Waals surface area (Å²) in [5, 5.41) is 12.0.